The van der Waals surface area contributed by atoms with E-state index in [9.17, 15) is 13.2 Å². The lowest BCUT2D eigenvalue weighted by Gasteiger charge is -2.19. The second-order valence-electron chi connectivity index (χ2n) is 6.15. The van der Waals surface area contributed by atoms with Gasteiger partial charge in [0, 0.05) is 16.8 Å². The Morgan fingerprint density at radius 3 is 2.44 bits per heavy atom. The van der Waals surface area contributed by atoms with E-state index < -0.39 is 16.0 Å². The summed E-state index contributed by atoms with van der Waals surface area (Å²) < 4.78 is 33.2. The second kappa shape index (κ2) is 9.10. The van der Waals surface area contributed by atoms with Crippen molar-refractivity contribution < 1.29 is 17.9 Å². The summed E-state index contributed by atoms with van der Waals surface area (Å²) in [7, 11) is -2.70. The molecule has 146 valence electrons. The number of nitrogens with one attached hydrogen (secondary N) is 2. The molecule has 2 aromatic rings. The van der Waals surface area contributed by atoms with Crippen LogP contribution < -0.4 is 10.0 Å². The number of carbonyl (C=O) groups is 1. The average Bonchev–Trinajstić information content (AvgIpc) is 2.63. The van der Waals surface area contributed by atoms with Crippen molar-refractivity contribution in [2.75, 3.05) is 17.1 Å². The van der Waals surface area contributed by atoms with Gasteiger partial charge in [-0.3, -0.25) is 4.72 Å². The summed E-state index contributed by atoms with van der Waals surface area (Å²) in [5, 5.41) is 3.71. The van der Waals surface area contributed by atoms with E-state index in [1.807, 2.05) is 6.92 Å². The number of anilines is 2. The largest absolute Gasteiger partial charge is 0.465 e. The average molecular weight is 411 g/mol. The second-order valence-corrected chi connectivity index (χ2v) is 8.24. The van der Waals surface area contributed by atoms with Crippen LogP contribution >= 0.6 is 11.6 Å². The van der Waals surface area contributed by atoms with Gasteiger partial charge in [-0.25, -0.2) is 13.2 Å². The molecule has 0 spiro atoms. The van der Waals surface area contributed by atoms with Gasteiger partial charge in [0.05, 0.1) is 18.4 Å². The SMILES string of the molecule is CCC[C@@H](C)Nc1ccc(C(=O)OC)cc1S(=O)(=O)Nc1ccc(Cl)cc1. The number of benzene rings is 2. The first-order valence-corrected chi connectivity index (χ1v) is 10.4. The van der Waals surface area contributed by atoms with Gasteiger partial charge in [-0.2, -0.15) is 0 Å². The van der Waals surface area contributed by atoms with Crippen LogP contribution in [0.15, 0.2) is 47.4 Å². The Bertz CT molecular complexity index is 898. The molecule has 0 fully saturated rings. The number of methoxy groups -OCH3 is 1. The van der Waals surface area contributed by atoms with Crippen LogP contribution in [0.5, 0.6) is 0 Å². The van der Waals surface area contributed by atoms with E-state index in [1.54, 1.807) is 30.3 Å². The molecule has 0 aromatic heterocycles. The molecule has 27 heavy (non-hydrogen) atoms. The molecule has 0 bridgehead atoms. The number of ether oxygens (including phenoxy) is 1. The Kier molecular flexibility index (Phi) is 7.10. The van der Waals surface area contributed by atoms with E-state index in [0.717, 1.165) is 12.8 Å². The monoisotopic (exact) mass is 410 g/mol. The zero-order chi connectivity index (χ0) is 20.0. The Hall–Kier alpha value is -2.25. The normalized spacial score (nSPS) is 12.3. The summed E-state index contributed by atoms with van der Waals surface area (Å²) in [6.45, 7) is 4.03. The fourth-order valence-electron chi connectivity index (χ4n) is 2.61. The summed E-state index contributed by atoms with van der Waals surface area (Å²) >= 11 is 5.85. The van der Waals surface area contributed by atoms with Crippen molar-refractivity contribution >= 4 is 39.0 Å². The molecule has 0 radical (unpaired) electrons. The Morgan fingerprint density at radius 2 is 1.85 bits per heavy atom. The maximum atomic E-state index is 13.0. The van der Waals surface area contributed by atoms with Crippen molar-refractivity contribution in [1.29, 1.82) is 0 Å². The highest BCUT2D eigenvalue weighted by Gasteiger charge is 2.22. The molecule has 1 atom stereocenters. The molecular weight excluding hydrogens is 388 g/mol. The van der Waals surface area contributed by atoms with Gasteiger partial charge in [0.15, 0.2) is 0 Å². The van der Waals surface area contributed by atoms with Gasteiger partial charge < -0.3 is 10.1 Å². The van der Waals surface area contributed by atoms with E-state index in [1.165, 1.54) is 19.2 Å². The number of esters is 1. The zero-order valence-corrected chi connectivity index (χ0v) is 17.0. The third-order valence-corrected chi connectivity index (χ3v) is 5.59. The molecule has 0 amide bonds. The molecule has 0 saturated carbocycles. The first-order valence-electron chi connectivity index (χ1n) is 8.54. The number of hydrogen-bond acceptors (Lipinski definition) is 5. The number of rotatable bonds is 8. The van der Waals surface area contributed by atoms with Gasteiger partial charge in [0.1, 0.15) is 4.90 Å². The van der Waals surface area contributed by atoms with Crippen LogP contribution in [0.25, 0.3) is 0 Å². The number of halogens is 1. The van der Waals surface area contributed by atoms with Crippen molar-refractivity contribution in [3.8, 4) is 0 Å². The number of sulfonamides is 1. The van der Waals surface area contributed by atoms with Crippen molar-refractivity contribution in [3.63, 3.8) is 0 Å². The maximum Gasteiger partial charge on any atom is 0.337 e. The van der Waals surface area contributed by atoms with Gasteiger partial charge in [-0.05, 0) is 55.8 Å². The maximum absolute atomic E-state index is 13.0. The standard InChI is InChI=1S/C19H23ClN2O4S/c1-4-5-13(2)21-17-11-6-14(19(23)26-3)12-18(17)27(24,25)22-16-9-7-15(20)8-10-16/h6-13,21-22H,4-5H2,1-3H3/t13-/m1/s1. The smallest absolute Gasteiger partial charge is 0.337 e. The van der Waals surface area contributed by atoms with Crippen molar-refractivity contribution in [2.45, 2.75) is 37.6 Å². The van der Waals surface area contributed by atoms with E-state index >= 15 is 0 Å². The zero-order valence-electron chi connectivity index (χ0n) is 15.5. The summed E-state index contributed by atoms with van der Waals surface area (Å²) in [5.41, 5.74) is 0.947. The highest BCUT2D eigenvalue weighted by molar-refractivity contribution is 7.92. The summed E-state index contributed by atoms with van der Waals surface area (Å²) in [6, 6.07) is 10.8. The van der Waals surface area contributed by atoms with Crippen molar-refractivity contribution in [2.24, 2.45) is 0 Å². The number of hydrogen-bond donors (Lipinski definition) is 2. The van der Waals surface area contributed by atoms with Crippen LogP contribution in [0.3, 0.4) is 0 Å². The molecule has 6 nitrogen and oxygen atoms in total. The molecule has 0 unspecified atom stereocenters. The van der Waals surface area contributed by atoms with Gasteiger partial charge >= 0.3 is 5.97 Å². The molecule has 0 saturated heterocycles. The lowest BCUT2D eigenvalue weighted by atomic mass is 10.1. The Morgan fingerprint density at radius 1 is 1.19 bits per heavy atom. The first kappa shape index (κ1) is 21.1. The molecule has 0 aliphatic carbocycles. The predicted molar refractivity (Wildman–Crippen MR) is 108 cm³/mol. The molecule has 2 rings (SSSR count). The molecule has 0 aliphatic rings. The fraction of sp³-hybridized carbons (Fsp3) is 0.316. The predicted octanol–water partition coefficient (Wildman–Crippen LogP) is 4.53. The van der Waals surface area contributed by atoms with Gasteiger partial charge in [0.2, 0.25) is 0 Å². The minimum atomic E-state index is -3.94. The van der Waals surface area contributed by atoms with Gasteiger partial charge in [-0.1, -0.05) is 24.9 Å². The van der Waals surface area contributed by atoms with Crippen LogP contribution in [0.2, 0.25) is 5.02 Å². The molecule has 2 N–H and O–H groups in total. The molecular formula is C19H23ClN2O4S. The molecule has 2 aromatic carbocycles. The Labute approximate surface area is 164 Å². The third kappa shape index (κ3) is 5.61. The highest BCUT2D eigenvalue weighted by atomic mass is 35.5. The lowest BCUT2D eigenvalue weighted by Crippen LogP contribution is -2.20. The quantitative estimate of drug-likeness (QED) is 0.624. The van der Waals surface area contributed by atoms with Gasteiger partial charge in [0.25, 0.3) is 10.0 Å². The van der Waals surface area contributed by atoms with Crippen LogP contribution in [0.1, 0.15) is 37.0 Å². The lowest BCUT2D eigenvalue weighted by molar-refractivity contribution is 0.0600. The first-order chi connectivity index (χ1) is 12.8. The number of carbonyl (C=O) groups excluding carboxylic acids is 1. The summed E-state index contributed by atoms with van der Waals surface area (Å²) in [6.07, 6.45) is 1.84. The van der Waals surface area contributed by atoms with E-state index in [0.29, 0.717) is 16.4 Å². The summed E-state index contributed by atoms with van der Waals surface area (Å²) in [4.78, 5) is 11.8. The summed E-state index contributed by atoms with van der Waals surface area (Å²) in [5.74, 6) is -0.605. The van der Waals surface area contributed by atoms with Crippen molar-refractivity contribution in [1.82, 2.24) is 0 Å². The third-order valence-electron chi connectivity index (χ3n) is 3.91. The Balaban J connectivity index is 2.45. The van der Waals surface area contributed by atoms with Crippen LogP contribution in [-0.4, -0.2) is 27.5 Å². The van der Waals surface area contributed by atoms with E-state index in [2.05, 4.69) is 17.0 Å². The van der Waals surface area contributed by atoms with Crippen LogP contribution in [-0.2, 0) is 14.8 Å². The van der Waals surface area contributed by atoms with Gasteiger partial charge in [-0.15, -0.1) is 0 Å². The van der Waals surface area contributed by atoms with Crippen molar-refractivity contribution in [3.05, 3.63) is 53.1 Å². The molecule has 0 heterocycles. The van der Waals surface area contributed by atoms with E-state index in [4.69, 9.17) is 16.3 Å². The fourth-order valence-corrected chi connectivity index (χ4v) is 3.99. The highest BCUT2D eigenvalue weighted by Crippen LogP contribution is 2.27. The topological polar surface area (TPSA) is 84.5 Å². The minimum absolute atomic E-state index is 0.0247. The van der Waals surface area contributed by atoms with E-state index in [-0.39, 0.29) is 16.5 Å². The molecule has 8 heteroatoms. The van der Waals surface area contributed by atoms with Crippen LogP contribution in [0.4, 0.5) is 11.4 Å². The molecule has 0 aliphatic heterocycles. The van der Waals surface area contributed by atoms with Crippen LogP contribution in [0, 0.1) is 0 Å². The minimum Gasteiger partial charge on any atom is -0.465 e.